The molecule has 2 aromatic heterocycles. The van der Waals surface area contributed by atoms with Gasteiger partial charge < -0.3 is 9.64 Å². The number of carbonyl (C=O) groups is 2. The Hall–Kier alpha value is -1.99. The van der Waals surface area contributed by atoms with Crippen LogP contribution < -0.4 is 0 Å². The van der Waals surface area contributed by atoms with Gasteiger partial charge in [-0.2, -0.15) is 5.10 Å². The maximum atomic E-state index is 12.6. The number of thiophene rings is 1. The molecule has 4 heterocycles. The molecule has 0 unspecified atom stereocenters. The summed E-state index contributed by atoms with van der Waals surface area (Å²) in [5, 5.41) is 9.18. The Morgan fingerprint density at radius 2 is 2.20 bits per heavy atom. The maximum absolute atomic E-state index is 12.6. The summed E-state index contributed by atoms with van der Waals surface area (Å²) in [5.74, 6) is 0.164. The molecule has 2 aromatic rings. The number of hydrogen-bond donors (Lipinski definition) is 1. The van der Waals surface area contributed by atoms with Gasteiger partial charge in [0, 0.05) is 13.1 Å². The molecule has 132 valence electrons. The van der Waals surface area contributed by atoms with Gasteiger partial charge in [-0.25, -0.2) is 0 Å². The third kappa shape index (κ3) is 3.02. The fourth-order valence-electron chi connectivity index (χ4n) is 3.77. The molecule has 0 saturated carbocycles. The number of aromatic amines is 1. The van der Waals surface area contributed by atoms with E-state index in [-0.39, 0.29) is 17.3 Å². The second kappa shape index (κ2) is 6.38. The van der Waals surface area contributed by atoms with E-state index in [2.05, 4.69) is 10.2 Å². The summed E-state index contributed by atoms with van der Waals surface area (Å²) < 4.78 is 6.12. The summed E-state index contributed by atoms with van der Waals surface area (Å²) in [6, 6.07) is 1.83. The maximum Gasteiger partial charge on any atom is 0.227 e. The Balaban J connectivity index is 1.40. The van der Waals surface area contributed by atoms with Crippen molar-refractivity contribution < 1.29 is 14.3 Å². The van der Waals surface area contributed by atoms with E-state index in [0.29, 0.717) is 31.0 Å². The second-order valence-electron chi connectivity index (χ2n) is 6.80. The van der Waals surface area contributed by atoms with E-state index in [4.69, 9.17) is 4.74 Å². The number of H-pyrrole nitrogens is 1. The Morgan fingerprint density at radius 1 is 1.40 bits per heavy atom. The van der Waals surface area contributed by atoms with Gasteiger partial charge in [0.05, 0.1) is 29.8 Å². The van der Waals surface area contributed by atoms with Crippen molar-refractivity contribution in [2.45, 2.75) is 38.2 Å². The number of ketones is 1. The second-order valence-corrected chi connectivity index (χ2v) is 7.71. The zero-order chi connectivity index (χ0) is 17.4. The summed E-state index contributed by atoms with van der Waals surface area (Å²) in [4.78, 5) is 26.6. The average Bonchev–Trinajstić information content (AvgIpc) is 3.25. The van der Waals surface area contributed by atoms with Crippen molar-refractivity contribution in [2.75, 3.05) is 19.7 Å². The third-order valence-corrected chi connectivity index (χ3v) is 6.28. The standard InChI is InChI=1S/C18H21N3O3S/c1-12(22)15-8-13(11-25-15)9-16(23)21-5-3-18(4-6-21)17-14(2-7-24-18)10-19-20-17/h8,10-11H,2-7,9H2,1H3,(H,19,20). The van der Waals surface area contributed by atoms with Crippen molar-refractivity contribution in [1.82, 2.24) is 15.1 Å². The minimum absolute atomic E-state index is 0.0495. The largest absolute Gasteiger partial charge is 0.368 e. The predicted octanol–water partition coefficient (Wildman–Crippen LogP) is 2.31. The molecule has 1 fully saturated rings. The number of carbonyl (C=O) groups excluding carboxylic acids is 2. The van der Waals surface area contributed by atoms with E-state index < -0.39 is 0 Å². The van der Waals surface area contributed by atoms with Crippen molar-refractivity contribution in [3.63, 3.8) is 0 Å². The van der Waals surface area contributed by atoms with Gasteiger partial charge in [0.15, 0.2) is 5.78 Å². The van der Waals surface area contributed by atoms with E-state index in [1.54, 1.807) is 6.92 Å². The van der Waals surface area contributed by atoms with Gasteiger partial charge in [0.25, 0.3) is 0 Å². The number of ether oxygens (including phenoxy) is 1. The highest BCUT2D eigenvalue weighted by Crippen LogP contribution is 2.40. The number of amides is 1. The molecule has 0 atom stereocenters. The van der Waals surface area contributed by atoms with Gasteiger partial charge in [-0.15, -0.1) is 11.3 Å². The average molecular weight is 359 g/mol. The van der Waals surface area contributed by atoms with Crippen LogP contribution in [0.2, 0.25) is 0 Å². The molecule has 0 aromatic carbocycles. The summed E-state index contributed by atoms with van der Waals surface area (Å²) in [6.07, 6.45) is 4.71. The lowest BCUT2D eigenvalue weighted by atomic mass is 9.83. The zero-order valence-corrected chi connectivity index (χ0v) is 15.0. The molecule has 7 heteroatoms. The van der Waals surface area contributed by atoms with Crippen molar-refractivity contribution in [3.8, 4) is 0 Å². The smallest absolute Gasteiger partial charge is 0.227 e. The first-order valence-corrected chi connectivity index (χ1v) is 9.48. The first-order chi connectivity index (χ1) is 12.1. The highest BCUT2D eigenvalue weighted by Gasteiger charge is 2.43. The number of rotatable bonds is 3. The van der Waals surface area contributed by atoms with E-state index in [0.717, 1.165) is 30.5 Å². The number of nitrogens with one attached hydrogen (secondary N) is 1. The fourth-order valence-corrected chi connectivity index (χ4v) is 4.59. The van der Waals surface area contributed by atoms with Crippen LogP contribution in [0.5, 0.6) is 0 Å². The lowest BCUT2D eigenvalue weighted by Crippen LogP contribution is -2.48. The van der Waals surface area contributed by atoms with Gasteiger partial charge in [0.2, 0.25) is 5.91 Å². The lowest BCUT2D eigenvalue weighted by Gasteiger charge is -2.43. The number of fused-ring (bicyclic) bond motifs is 2. The number of hydrogen-bond acceptors (Lipinski definition) is 5. The molecule has 1 amide bonds. The van der Waals surface area contributed by atoms with Crippen molar-refractivity contribution in [2.24, 2.45) is 0 Å². The van der Waals surface area contributed by atoms with Crippen LogP contribution in [-0.2, 0) is 28.0 Å². The van der Waals surface area contributed by atoms with Crippen LogP contribution in [0.1, 0.15) is 46.3 Å². The molecule has 0 bridgehead atoms. The molecule has 25 heavy (non-hydrogen) atoms. The lowest BCUT2D eigenvalue weighted by molar-refractivity contribution is -0.140. The van der Waals surface area contributed by atoms with Crippen LogP contribution in [0.15, 0.2) is 17.6 Å². The van der Waals surface area contributed by atoms with Gasteiger partial charge in [-0.05, 0) is 48.8 Å². The molecule has 1 saturated heterocycles. The summed E-state index contributed by atoms with van der Waals surface area (Å²) in [5.41, 5.74) is 2.94. The van der Waals surface area contributed by atoms with Gasteiger partial charge >= 0.3 is 0 Å². The highest BCUT2D eigenvalue weighted by molar-refractivity contribution is 7.12. The van der Waals surface area contributed by atoms with Crippen LogP contribution in [-0.4, -0.2) is 46.5 Å². The van der Waals surface area contributed by atoms with Gasteiger partial charge in [-0.3, -0.25) is 14.7 Å². The quantitative estimate of drug-likeness (QED) is 0.854. The Kier molecular flexibility index (Phi) is 4.21. The minimum Gasteiger partial charge on any atom is -0.368 e. The molecule has 0 radical (unpaired) electrons. The van der Waals surface area contributed by atoms with Crippen LogP contribution in [0.25, 0.3) is 0 Å². The molecule has 2 aliphatic heterocycles. The van der Waals surface area contributed by atoms with E-state index >= 15 is 0 Å². The number of piperidine rings is 1. The molecule has 0 aliphatic carbocycles. The van der Waals surface area contributed by atoms with Crippen molar-refractivity contribution >= 4 is 23.0 Å². The molecular weight excluding hydrogens is 338 g/mol. The van der Waals surface area contributed by atoms with Gasteiger partial charge in [-0.1, -0.05) is 0 Å². The fraction of sp³-hybridized carbons (Fsp3) is 0.500. The molecule has 1 spiro atoms. The first kappa shape index (κ1) is 16.5. The molecule has 6 nitrogen and oxygen atoms in total. The predicted molar refractivity (Wildman–Crippen MR) is 93.8 cm³/mol. The number of aromatic nitrogens is 2. The van der Waals surface area contributed by atoms with Crippen molar-refractivity contribution in [1.29, 1.82) is 0 Å². The van der Waals surface area contributed by atoms with Crippen LogP contribution in [0, 0.1) is 0 Å². The summed E-state index contributed by atoms with van der Waals surface area (Å²) in [6.45, 7) is 3.63. The topological polar surface area (TPSA) is 75.3 Å². The Morgan fingerprint density at radius 3 is 2.92 bits per heavy atom. The first-order valence-electron chi connectivity index (χ1n) is 8.60. The molecule has 2 aliphatic rings. The zero-order valence-electron chi connectivity index (χ0n) is 14.2. The molecule has 1 N–H and O–H groups in total. The normalized spacial score (nSPS) is 19.0. The van der Waals surface area contributed by atoms with Crippen LogP contribution in [0.4, 0.5) is 0 Å². The number of Topliss-reactive ketones (excluding diaryl/α,β-unsaturated/α-hetero) is 1. The number of nitrogens with zero attached hydrogens (tertiary/aromatic N) is 2. The summed E-state index contributed by atoms with van der Waals surface area (Å²) >= 11 is 1.41. The SMILES string of the molecule is CC(=O)c1cc(CC(=O)N2CCC3(CC2)OCCc2cn[nH]c23)cs1. The van der Waals surface area contributed by atoms with E-state index in [1.807, 2.05) is 22.5 Å². The van der Waals surface area contributed by atoms with Crippen LogP contribution in [0.3, 0.4) is 0 Å². The molecule has 4 rings (SSSR count). The third-order valence-electron chi connectivity index (χ3n) is 5.20. The monoisotopic (exact) mass is 359 g/mol. The van der Waals surface area contributed by atoms with Crippen molar-refractivity contribution in [3.05, 3.63) is 39.3 Å². The number of likely N-dealkylation sites (tertiary alicyclic amines) is 1. The molecular formula is C18H21N3O3S. The van der Waals surface area contributed by atoms with E-state index in [1.165, 1.54) is 16.9 Å². The highest BCUT2D eigenvalue weighted by atomic mass is 32.1. The Bertz CT molecular complexity index is 802. The minimum atomic E-state index is -0.314. The Labute approximate surface area is 150 Å². The van der Waals surface area contributed by atoms with E-state index in [9.17, 15) is 9.59 Å². The van der Waals surface area contributed by atoms with Crippen LogP contribution >= 0.6 is 11.3 Å². The summed E-state index contributed by atoms with van der Waals surface area (Å²) in [7, 11) is 0. The van der Waals surface area contributed by atoms with Gasteiger partial charge in [0.1, 0.15) is 5.60 Å².